The second-order valence-corrected chi connectivity index (χ2v) is 7.49. The third-order valence-electron chi connectivity index (χ3n) is 4.60. The van der Waals surface area contributed by atoms with Crippen molar-refractivity contribution in [3.8, 4) is 0 Å². The molecule has 6 nitrogen and oxygen atoms in total. The smallest absolute Gasteiger partial charge is 0.305 e. The first-order valence-electron chi connectivity index (χ1n) is 11.5. The van der Waals surface area contributed by atoms with Crippen LogP contribution in [0.4, 0.5) is 0 Å². The fourth-order valence-corrected chi connectivity index (χ4v) is 2.90. The van der Waals surface area contributed by atoms with Crippen molar-refractivity contribution in [3.05, 3.63) is 12.2 Å². The predicted molar refractivity (Wildman–Crippen MR) is 120 cm³/mol. The van der Waals surface area contributed by atoms with Gasteiger partial charge in [-0.25, -0.2) is 0 Å². The quantitative estimate of drug-likeness (QED) is 0.142. The maximum Gasteiger partial charge on any atom is 0.305 e. The summed E-state index contributed by atoms with van der Waals surface area (Å²) in [4.78, 5) is 15.1. The number of ether oxygens (including phenoxy) is 1. The molecule has 0 atom stereocenters. The molecule has 0 unspecified atom stereocenters. The third-order valence-corrected chi connectivity index (χ3v) is 4.60. The molecule has 0 spiro atoms. The first kappa shape index (κ1) is 27.6. The molecule has 0 aromatic carbocycles. The summed E-state index contributed by atoms with van der Waals surface area (Å²) >= 11 is 0. The van der Waals surface area contributed by atoms with Crippen LogP contribution in [-0.2, 0) is 9.53 Å². The second-order valence-electron chi connectivity index (χ2n) is 7.49. The lowest BCUT2D eigenvalue weighted by atomic mass is 10.1. The highest BCUT2D eigenvalue weighted by molar-refractivity contribution is 5.69. The summed E-state index contributed by atoms with van der Waals surface area (Å²) in [5.41, 5.74) is 0. The maximum absolute atomic E-state index is 11.2. The van der Waals surface area contributed by atoms with Crippen molar-refractivity contribution < 1.29 is 19.7 Å². The van der Waals surface area contributed by atoms with E-state index in [1.54, 1.807) is 6.34 Å². The molecule has 1 rings (SSSR count). The average Bonchev–Trinajstić information content (AvgIpc) is 3.29. The molecular weight excluding hydrogens is 368 g/mol. The van der Waals surface area contributed by atoms with Gasteiger partial charge in [0.1, 0.15) is 6.61 Å². The van der Waals surface area contributed by atoms with Gasteiger partial charge in [-0.15, -0.1) is 0 Å². The monoisotopic (exact) mass is 412 g/mol. The number of nitrogens with one attached hydrogen (secondary N) is 1. The Labute approximate surface area is 177 Å². The van der Waals surface area contributed by atoms with Crippen LogP contribution in [0.25, 0.3) is 0 Å². The van der Waals surface area contributed by atoms with E-state index >= 15 is 0 Å². The number of nitrogens with zero attached hydrogens (tertiary/aromatic N) is 1. The highest BCUT2D eigenvalue weighted by Crippen LogP contribution is 2.10. The fourth-order valence-electron chi connectivity index (χ4n) is 2.90. The number of aliphatic hydroxyl groups is 2. The van der Waals surface area contributed by atoms with E-state index in [1.807, 2.05) is 0 Å². The van der Waals surface area contributed by atoms with E-state index in [4.69, 9.17) is 10.2 Å². The molecule has 0 aromatic heterocycles. The largest absolute Gasteiger partial charge is 0.460 e. The fraction of sp³-hybridized carbons (Fsp3) is 0.826. The summed E-state index contributed by atoms with van der Waals surface area (Å²) in [7, 11) is 0. The van der Waals surface area contributed by atoms with Gasteiger partial charge in [-0.3, -0.25) is 9.79 Å². The van der Waals surface area contributed by atoms with Gasteiger partial charge in [0.05, 0.1) is 12.9 Å². The van der Waals surface area contributed by atoms with Crippen LogP contribution in [0.2, 0.25) is 0 Å². The van der Waals surface area contributed by atoms with Crippen molar-refractivity contribution in [1.82, 2.24) is 5.32 Å². The Morgan fingerprint density at radius 1 is 1.00 bits per heavy atom. The Kier molecular flexibility index (Phi) is 21.8. The summed E-state index contributed by atoms with van der Waals surface area (Å²) in [5, 5.41) is 20.1. The standard InChI is InChI=1S/C20H38O4.C3H6N2/c1-2-3-4-5-6-7-8-9-10-11-12-13-14-15-16-17-20(23)24-18-19(21)22;1-2-5-3-4-1/h9-10,19,21-22H,2-8,11-18H2,1H3;3H,1-2H2,(H,4,5)/b10-9-;. The number of hydrogen-bond donors (Lipinski definition) is 3. The number of unbranched alkanes of at least 4 members (excludes halogenated alkanes) is 11. The number of allylic oxidation sites excluding steroid dienone is 2. The van der Waals surface area contributed by atoms with Crippen LogP contribution < -0.4 is 5.32 Å². The van der Waals surface area contributed by atoms with Gasteiger partial charge in [0.15, 0.2) is 6.29 Å². The average molecular weight is 413 g/mol. The summed E-state index contributed by atoms with van der Waals surface area (Å²) in [5.74, 6) is -0.347. The molecule has 1 heterocycles. The number of aliphatic hydroxyl groups excluding tert-OH is 1. The normalized spacial score (nSPS) is 12.8. The molecule has 0 saturated heterocycles. The predicted octanol–water partition coefficient (Wildman–Crippen LogP) is 4.50. The van der Waals surface area contributed by atoms with Crippen molar-refractivity contribution in [2.45, 2.75) is 103 Å². The molecule has 3 N–H and O–H groups in total. The number of carbonyl (C=O) groups excluding carboxylic acids is 1. The Bertz CT molecular complexity index is 406. The highest BCUT2D eigenvalue weighted by Gasteiger charge is 2.05. The molecule has 0 amide bonds. The lowest BCUT2D eigenvalue weighted by molar-refractivity contribution is -0.156. The van der Waals surface area contributed by atoms with Gasteiger partial charge in [-0.1, -0.05) is 70.4 Å². The SMILES string of the molecule is C1=NCCN1.CCCCCCCC/C=C\CCCCCCCC(=O)OCC(O)O. The molecule has 0 aliphatic carbocycles. The summed E-state index contributed by atoms with van der Waals surface area (Å²) in [6.45, 7) is 3.91. The van der Waals surface area contributed by atoms with Gasteiger partial charge in [0.25, 0.3) is 0 Å². The Hall–Kier alpha value is -1.40. The van der Waals surface area contributed by atoms with Gasteiger partial charge < -0.3 is 20.3 Å². The van der Waals surface area contributed by atoms with Crippen LogP contribution in [0.3, 0.4) is 0 Å². The van der Waals surface area contributed by atoms with E-state index in [0.717, 1.165) is 38.8 Å². The maximum atomic E-state index is 11.2. The van der Waals surface area contributed by atoms with Crippen LogP contribution in [0.1, 0.15) is 96.8 Å². The van der Waals surface area contributed by atoms with Crippen molar-refractivity contribution >= 4 is 12.3 Å². The minimum Gasteiger partial charge on any atom is -0.460 e. The molecule has 29 heavy (non-hydrogen) atoms. The zero-order valence-corrected chi connectivity index (χ0v) is 18.5. The van der Waals surface area contributed by atoms with Crippen LogP contribution >= 0.6 is 0 Å². The molecule has 170 valence electrons. The first-order valence-corrected chi connectivity index (χ1v) is 11.5. The first-order chi connectivity index (χ1) is 14.2. The van der Waals surface area contributed by atoms with E-state index in [0.29, 0.717) is 6.42 Å². The molecule has 0 radical (unpaired) electrons. The zero-order valence-electron chi connectivity index (χ0n) is 18.5. The Morgan fingerprint density at radius 2 is 1.59 bits per heavy atom. The van der Waals surface area contributed by atoms with E-state index < -0.39 is 6.29 Å². The summed E-state index contributed by atoms with van der Waals surface area (Å²) < 4.78 is 4.67. The molecule has 1 aliphatic rings. The van der Waals surface area contributed by atoms with Crippen LogP contribution in [0.15, 0.2) is 17.1 Å². The Balaban J connectivity index is 0.00000135. The van der Waals surface area contributed by atoms with E-state index in [2.05, 4.69) is 34.1 Å². The van der Waals surface area contributed by atoms with Gasteiger partial charge in [0.2, 0.25) is 0 Å². The molecule has 0 saturated carbocycles. The number of carbonyl (C=O) groups is 1. The van der Waals surface area contributed by atoms with Gasteiger partial charge >= 0.3 is 5.97 Å². The zero-order chi connectivity index (χ0) is 21.4. The van der Waals surface area contributed by atoms with Crippen LogP contribution in [-0.4, -0.2) is 48.5 Å². The van der Waals surface area contributed by atoms with Gasteiger partial charge in [0, 0.05) is 13.0 Å². The molecule has 1 aliphatic heterocycles. The highest BCUT2D eigenvalue weighted by atomic mass is 16.6. The second kappa shape index (κ2) is 22.9. The van der Waals surface area contributed by atoms with Crippen LogP contribution in [0, 0.1) is 0 Å². The topological polar surface area (TPSA) is 91.2 Å². The van der Waals surface area contributed by atoms with Crippen molar-refractivity contribution in [3.63, 3.8) is 0 Å². The molecule has 0 bridgehead atoms. The lowest BCUT2D eigenvalue weighted by Gasteiger charge is -2.05. The molecule has 6 heteroatoms. The van der Waals surface area contributed by atoms with Gasteiger partial charge in [-0.05, 0) is 32.1 Å². The summed E-state index contributed by atoms with van der Waals surface area (Å²) in [6, 6.07) is 0. The number of rotatable bonds is 17. The molecule has 0 aromatic rings. The molecular formula is C23H44N2O4. The van der Waals surface area contributed by atoms with E-state index in [1.165, 1.54) is 57.8 Å². The van der Waals surface area contributed by atoms with E-state index in [-0.39, 0.29) is 12.6 Å². The van der Waals surface area contributed by atoms with Crippen molar-refractivity contribution in [1.29, 1.82) is 0 Å². The third kappa shape index (κ3) is 24.6. The number of aliphatic imine (C=N–C) groups is 1. The Morgan fingerprint density at radius 3 is 2.07 bits per heavy atom. The summed E-state index contributed by atoms with van der Waals surface area (Å²) in [6.07, 6.45) is 21.1. The van der Waals surface area contributed by atoms with Crippen LogP contribution in [0.5, 0.6) is 0 Å². The number of esters is 1. The van der Waals surface area contributed by atoms with Crippen molar-refractivity contribution in [2.24, 2.45) is 4.99 Å². The van der Waals surface area contributed by atoms with Gasteiger partial charge in [-0.2, -0.15) is 0 Å². The number of hydrogen-bond acceptors (Lipinski definition) is 6. The minimum atomic E-state index is -1.57. The molecule has 0 fully saturated rings. The lowest BCUT2D eigenvalue weighted by Crippen LogP contribution is -2.17. The van der Waals surface area contributed by atoms with Crippen molar-refractivity contribution in [2.75, 3.05) is 19.7 Å². The minimum absolute atomic E-state index is 0.329. The van der Waals surface area contributed by atoms with E-state index in [9.17, 15) is 4.79 Å².